The molecule has 0 saturated carbocycles. The molecule has 3 heterocycles. The molecule has 0 unspecified atom stereocenters. The first-order valence-electron chi connectivity index (χ1n) is 10.9. The van der Waals surface area contributed by atoms with Crippen molar-refractivity contribution in [1.29, 1.82) is 5.26 Å². The highest BCUT2D eigenvalue weighted by Gasteiger charge is 2.34. The summed E-state index contributed by atoms with van der Waals surface area (Å²) < 4.78 is 12.3. The Hall–Kier alpha value is -3.36. The molecule has 5 nitrogen and oxygen atoms in total. The molecular weight excluding hydrogens is 422 g/mol. The van der Waals surface area contributed by atoms with Gasteiger partial charge in [0.05, 0.1) is 22.8 Å². The Balaban J connectivity index is 1.48. The van der Waals surface area contributed by atoms with Crippen LogP contribution < -0.4 is 4.74 Å². The zero-order valence-corrected chi connectivity index (χ0v) is 18.4. The van der Waals surface area contributed by atoms with Crippen molar-refractivity contribution in [3.63, 3.8) is 0 Å². The lowest BCUT2D eigenvalue weighted by atomic mass is 9.93. The first-order valence-corrected chi connectivity index (χ1v) is 11.3. The van der Waals surface area contributed by atoms with E-state index in [9.17, 15) is 5.26 Å². The molecule has 2 aliphatic rings. The van der Waals surface area contributed by atoms with Gasteiger partial charge in [0, 0.05) is 39.7 Å². The van der Waals surface area contributed by atoms with Crippen LogP contribution in [0.15, 0.2) is 41.1 Å². The molecule has 6 heteroatoms. The summed E-state index contributed by atoms with van der Waals surface area (Å²) in [6, 6.07) is 12.0. The first-order chi connectivity index (χ1) is 15.6. The second-order valence-electron chi connectivity index (χ2n) is 8.59. The molecule has 0 bridgehead atoms. The molecular formula is C26H20ClN3O2. The normalized spacial score (nSPS) is 17.0. The maximum Gasteiger partial charge on any atom is 0.181 e. The largest absolute Gasteiger partial charge is 0.481 e. The van der Waals surface area contributed by atoms with E-state index in [2.05, 4.69) is 16.2 Å². The maximum absolute atomic E-state index is 9.40. The zero-order valence-electron chi connectivity index (χ0n) is 17.6. The van der Waals surface area contributed by atoms with Gasteiger partial charge in [0.1, 0.15) is 5.75 Å². The second kappa shape index (κ2) is 7.36. The van der Waals surface area contributed by atoms with Crippen molar-refractivity contribution in [2.75, 3.05) is 0 Å². The fourth-order valence-corrected chi connectivity index (χ4v) is 5.24. The van der Waals surface area contributed by atoms with Gasteiger partial charge in [-0.3, -0.25) is 4.98 Å². The fourth-order valence-electron chi connectivity index (χ4n) is 5.00. The Kier molecular flexibility index (Phi) is 4.44. The quantitative estimate of drug-likeness (QED) is 0.366. The third-order valence-electron chi connectivity index (χ3n) is 6.58. The Labute approximate surface area is 190 Å². The third kappa shape index (κ3) is 2.98. The SMILES string of the molecule is Cc1cc2c(-c3cc(Cl)cc4c3O[C@@H](c3onc5c3CCCC5)C4)ccnc2cc1C#N. The van der Waals surface area contributed by atoms with Crippen molar-refractivity contribution in [2.45, 2.75) is 45.1 Å². The number of benzene rings is 2. The highest BCUT2D eigenvalue weighted by Crippen LogP contribution is 2.47. The van der Waals surface area contributed by atoms with E-state index in [0.29, 0.717) is 17.0 Å². The predicted octanol–water partition coefficient (Wildman–Crippen LogP) is 6.28. The van der Waals surface area contributed by atoms with Gasteiger partial charge < -0.3 is 9.26 Å². The monoisotopic (exact) mass is 441 g/mol. The number of pyridine rings is 1. The molecule has 4 aromatic rings. The summed E-state index contributed by atoms with van der Waals surface area (Å²) in [6.45, 7) is 1.94. The summed E-state index contributed by atoms with van der Waals surface area (Å²) in [5.74, 6) is 1.68. The Morgan fingerprint density at radius 1 is 1.12 bits per heavy atom. The Morgan fingerprint density at radius 2 is 2.00 bits per heavy atom. The van der Waals surface area contributed by atoms with Crippen LogP contribution in [0.3, 0.4) is 0 Å². The van der Waals surface area contributed by atoms with Gasteiger partial charge in [-0.05, 0) is 74.1 Å². The molecule has 0 spiro atoms. The molecule has 158 valence electrons. The molecule has 0 amide bonds. The molecule has 0 N–H and O–H groups in total. The van der Waals surface area contributed by atoms with Crippen LogP contribution in [0.1, 0.15) is 52.7 Å². The van der Waals surface area contributed by atoms with Gasteiger partial charge in [-0.1, -0.05) is 16.8 Å². The molecule has 0 fully saturated rings. The lowest BCUT2D eigenvalue weighted by molar-refractivity contribution is 0.189. The summed E-state index contributed by atoms with van der Waals surface area (Å²) in [6.07, 6.45) is 6.55. The number of rotatable bonds is 2. The molecule has 1 atom stereocenters. The van der Waals surface area contributed by atoms with Gasteiger partial charge in [0.2, 0.25) is 0 Å². The summed E-state index contributed by atoms with van der Waals surface area (Å²) in [5.41, 5.74) is 7.60. The summed E-state index contributed by atoms with van der Waals surface area (Å²) in [7, 11) is 0. The van der Waals surface area contributed by atoms with Gasteiger partial charge in [-0.15, -0.1) is 0 Å². The topological polar surface area (TPSA) is 71.9 Å². The summed E-state index contributed by atoms with van der Waals surface area (Å²) in [4.78, 5) is 4.49. The molecule has 6 rings (SSSR count). The molecule has 0 saturated heterocycles. The third-order valence-corrected chi connectivity index (χ3v) is 6.80. The Bertz CT molecular complexity index is 1430. The van der Waals surface area contributed by atoms with Crippen molar-refractivity contribution < 1.29 is 9.26 Å². The second-order valence-corrected chi connectivity index (χ2v) is 9.02. The standard InChI is InChI=1S/C26H20ClN3O2/c1-14-8-20-18(6-7-29-23(20)10-16(14)13-28)21-12-17(27)9-15-11-24(31-25(15)21)26-19-4-2-3-5-22(19)30-32-26/h6-10,12,24H,2-5,11H2,1H3/t24-/m1/s1. The predicted molar refractivity (Wildman–Crippen MR) is 122 cm³/mol. The van der Waals surface area contributed by atoms with Crippen molar-refractivity contribution >= 4 is 22.5 Å². The molecule has 1 aliphatic carbocycles. The van der Waals surface area contributed by atoms with E-state index < -0.39 is 0 Å². The van der Waals surface area contributed by atoms with Gasteiger partial charge in [0.25, 0.3) is 0 Å². The lowest BCUT2D eigenvalue weighted by Crippen LogP contribution is -2.08. The van der Waals surface area contributed by atoms with E-state index in [1.807, 2.05) is 37.3 Å². The van der Waals surface area contributed by atoms with E-state index in [1.54, 1.807) is 6.20 Å². The van der Waals surface area contributed by atoms with E-state index >= 15 is 0 Å². The molecule has 0 radical (unpaired) electrons. The minimum absolute atomic E-state index is 0.198. The van der Waals surface area contributed by atoms with Crippen LogP contribution in [0, 0.1) is 18.3 Å². The summed E-state index contributed by atoms with van der Waals surface area (Å²) in [5, 5.41) is 15.4. The number of hydrogen-bond acceptors (Lipinski definition) is 5. The van der Waals surface area contributed by atoms with E-state index in [1.165, 1.54) is 5.56 Å². The van der Waals surface area contributed by atoms with Crippen LogP contribution in [0.5, 0.6) is 5.75 Å². The van der Waals surface area contributed by atoms with Crippen LogP contribution in [0.2, 0.25) is 5.02 Å². The number of aromatic nitrogens is 2. The van der Waals surface area contributed by atoms with Crippen LogP contribution >= 0.6 is 11.6 Å². The minimum Gasteiger partial charge on any atom is -0.481 e. The molecule has 2 aromatic carbocycles. The minimum atomic E-state index is -0.198. The van der Waals surface area contributed by atoms with Crippen LogP contribution in [0.25, 0.3) is 22.0 Å². The highest BCUT2D eigenvalue weighted by molar-refractivity contribution is 6.31. The Morgan fingerprint density at radius 3 is 2.88 bits per heavy atom. The van der Waals surface area contributed by atoms with Gasteiger partial charge in [-0.25, -0.2) is 0 Å². The number of fused-ring (bicyclic) bond motifs is 3. The average molecular weight is 442 g/mol. The van der Waals surface area contributed by atoms with E-state index in [4.69, 9.17) is 20.9 Å². The van der Waals surface area contributed by atoms with Crippen molar-refractivity contribution in [3.05, 3.63) is 75.3 Å². The van der Waals surface area contributed by atoms with Crippen LogP contribution in [-0.4, -0.2) is 10.1 Å². The van der Waals surface area contributed by atoms with Gasteiger partial charge in [0.15, 0.2) is 11.9 Å². The fraction of sp³-hybridized carbons (Fsp3) is 0.269. The van der Waals surface area contributed by atoms with Crippen molar-refractivity contribution in [2.24, 2.45) is 0 Å². The smallest absolute Gasteiger partial charge is 0.181 e. The number of ether oxygens (including phenoxy) is 1. The molecule has 2 aromatic heterocycles. The molecule has 1 aliphatic heterocycles. The van der Waals surface area contributed by atoms with E-state index in [-0.39, 0.29) is 6.10 Å². The number of nitrogens with zero attached hydrogens (tertiary/aromatic N) is 3. The van der Waals surface area contributed by atoms with Crippen molar-refractivity contribution in [3.8, 4) is 22.9 Å². The van der Waals surface area contributed by atoms with Crippen LogP contribution in [-0.2, 0) is 19.3 Å². The van der Waals surface area contributed by atoms with Crippen molar-refractivity contribution in [1.82, 2.24) is 10.1 Å². The average Bonchev–Trinajstić information content (AvgIpc) is 3.41. The zero-order chi connectivity index (χ0) is 21.8. The van der Waals surface area contributed by atoms with Gasteiger partial charge in [-0.2, -0.15) is 5.26 Å². The molecule has 32 heavy (non-hydrogen) atoms. The number of nitriles is 1. The summed E-state index contributed by atoms with van der Waals surface area (Å²) >= 11 is 6.55. The van der Waals surface area contributed by atoms with E-state index in [0.717, 1.165) is 76.0 Å². The lowest BCUT2D eigenvalue weighted by Gasteiger charge is -2.15. The number of hydrogen-bond donors (Lipinski definition) is 0. The number of aryl methyl sites for hydroxylation is 2. The first kappa shape index (κ1) is 19.3. The van der Waals surface area contributed by atoms with Gasteiger partial charge >= 0.3 is 0 Å². The van der Waals surface area contributed by atoms with Crippen LogP contribution in [0.4, 0.5) is 0 Å². The number of halogens is 1. The maximum atomic E-state index is 9.40. The highest BCUT2D eigenvalue weighted by atomic mass is 35.5.